The van der Waals surface area contributed by atoms with Crippen LogP contribution < -0.4 is 10.6 Å². The van der Waals surface area contributed by atoms with Crippen LogP contribution in [0.25, 0.3) is 0 Å². The molecule has 2 aromatic rings. The highest BCUT2D eigenvalue weighted by Gasteiger charge is 2.27. The van der Waals surface area contributed by atoms with Crippen LogP contribution in [0.2, 0.25) is 5.02 Å². The van der Waals surface area contributed by atoms with Crippen molar-refractivity contribution in [1.82, 2.24) is 0 Å². The Labute approximate surface area is 173 Å². The van der Waals surface area contributed by atoms with Gasteiger partial charge < -0.3 is 10.6 Å². The van der Waals surface area contributed by atoms with Gasteiger partial charge in [0.15, 0.2) is 9.84 Å². The molecule has 148 valence electrons. The normalized spacial score (nSPS) is 14.8. The highest BCUT2D eigenvalue weighted by atomic mass is 35.5. The van der Waals surface area contributed by atoms with E-state index in [1.807, 2.05) is 13.0 Å². The molecule has 0 spiro atoms. The Hall–Kier alpha value is -2.03. The summed E-state index contributed by atoms with van der Waals surface area (Å²) in [4.78, 5) is 24.6. The molecule has 2 N–H and O–H groups in total. The maximum Gasteiger partial charge on any atom is 0.234 e. The zero-order chi connectivity index (χ0) is 20.5. The van der Waals surface area contributed by atoms with Gasteiger partial charge in [0.1, 0.15) is 0 Å². The lowest BCUT2D eigenvalue weighted by Gasteiger charge is -2.18. The van der Waals surface area contributed by atoms with Gasteiger partial charge in [-0.2, -0.15) is 0 Å². The number of halogens is 1. The predicted octanol–water partition coefficient (Wildman–Crippen LogP) is 3.88. The summed E-state index contributed by atoms with van der Waals surface area (Å²) in [5.74, 6) is -0.305. The minimum atomic E-state index is -3.71. The van der Waals surface area contributed by atoms with Crippen molar-refractivity contribution in [3.05, 3.63) is 47.0 Å². The van der Waals surface area contributed by atoms with Crippen LogP contribution >= 0.6 is 23.4 Å². The molecule has 1 aliphatic rings. The molecule has 1 atom stereocenters. The van der Waals surface area contributed by atoms with E-state index in [2.05, 4.69) is 10.6 Å². The molecule has 0 bridgehead atoms. The summed E-state index contributed by atoms with van der Waals surface area (Å²) in [6, 6.07) is 9.78. The average Bonchev–Trinajstić information content (AvgIpc) is 2.63. The van der Waals surface area contributed by atoms with Crippen LogP contribution in [0, 0.1) is 6.92 Å². The summed E-state index contributed by atoms with van der Waals surface area (Å²) in [7, 11) is -3.71. The number of carbonyl (C=O) groups excluding carboxylic acids is 2. The first kappa shape index (κ1) is 20.7. The maximum absolute atomic E-state index is 12.9. The lowest BCUT2D eigenvalue weighted by molar-refractivity contribution is -0.116. The number of rotatable bonds is 5. The molecule has 1 heterocycles. The van der Waals surface area contributed by atoms with E-state index in [4.69, 9.17) is 11.6 Å². The molecule has 2 aromatic carbocycles. The number of amides is 2. The molecule has 0 radical (unpaired) electrons. The number of sulfone groups is 1. The van der Waals surface area contributed by atoms with Gasteiger partial charge in [0.05, 0.1) is 32.3 Å². The molecule has 0 aromatic heterocycles. The fraction of sp³-hybridized carbons (Fsp3) is 0.263. The van der Waals surface area contributed by atoms with Crippen LogP contribution in [-0.2, 0) is 19.4 Å². The number of hydrogen-bond donors (Lipinski definition) is 2. The van der Waals surface area contributed by atoms with Gasteiger partial charge in [-0.25, -0.2) is 8.42 Å². The van der Waals surface area contributed by atoms with Crippen molar-refractivity contribution in [1.29, 1.82) is 0 Å². The zero-order valence-electron chi connectivity index (χ0n) is 15.3. The van der Waals surface area contributed by atoms with E-state index >= 15 is 0 Å². The standard InChI is InChI=1S/C19H19ClN2O4S2/c1-11-3-5-15(14(20)7-11)21-18(23)8-12(2)28(25,26)13-4-6-16-17(9-13)27-10-19(24)22-16/h3-7,9,12H,8,10H2,1-2H3,(H,21,23)(H,22,24). The second kappa shape index (κ2) is 8.14. The number of benzene rings is 2. The summed E-state index contributed by atoms with van der Waals surface area (Å²) in [6.45, 7) is 3.38. The minimum absolute atomic E-state index is 0.118. The second-order valence-corrected chi connectivity index (χ2v) is 10.4. The number of hydrogen-bond acceptors (Lipinski definition) is 5. The summed E-state index contributed by atoms with van der Waals surface area (Å²) >= 11 is 7.40. The fourth-order valence-corrected chi connectivity index (χ4v) is 5.33. The van der Waals surface area contributed by atoms with Gasteiger partial charge in [-0.05, 0) is 49.7 Å². The van der Waals surface area contributed by atoms with Crippen molar-refractivity contribution in [2.45, 2.75) is 35.3 Å². The third-order valence-corrected chi connectivity index (χ3v) is 7.82. The molecule has 0 aliphatic carbocycles. The van der Waals surface area contributed by atoms with Crippen molar-refractivity contribution in [2.24, 2.45) is 0 Å². The Balaban J connectivity index is 1.73. The van der Waals surface area contributed by atoms with Gasteiger partial charge in [-0.3, -0.25) is 9.59 Å². The van der Waals surface area contributed by atoms with E-state index in [-0.39, 0.29) is 23.0 Å². The first-order valence-electron chi connectivity index (χ1n) is 8.53. The highest BCUT2D eigenvalue weighted by Crippen LogP contribution is 2.34. The van der Waals surface area contributed by atoms with Gasteiger partial charge in [-0.1, -0.05) is 17.7 Å². The first-order chi connectivity index (χ1) is 13.2. The number of aryl methyl sites for hydroxylation is 1. The molecular formula is C19H19ClN2O4S2. The second-order valence-electron chi connectivity index (χ2n) is 6.59. The average molecular weight is 439 g/mol. The zero-order valence-corrected chi connectivity index (χ0v) is 17.7. The Morgan fingerprint density at radius 1 is 1.29 bits per heavy atom. The molecule has 2 amide bonds. The van der Waals surface area contributed by atoms with Crippen LogP contribution in [0.4, 0.5) is 11.4 Å². The van der Waals surface area contributed by atoms with Gasteiger partial charge in [0, 0.05) is 11.3 Å². The van der Waals surface area contributed by atoms with Gasteiger partial charge in [0.25, 0.3) is 0 Å². The van der Waals surface area contributed by atoms with Gasteiger partial charge >= 0.3 is 0 Å². The summed E-state index contributed by atoms with van der Waals surface area (Å²) in [5.41, 5.74) is 2.00. The van der Waals surface area contributed by atoms with E-state index in [1.165, 1.54) is 24.8 Å². The quantitative estimate of drug-likeness (QED) is 0.738. The monoisotopic (exact) mass is 438 g/mol. The smallest absolute Gasteiger partial charge is 0.234 e. The summed E-state index contributed by atoms with van der Waals surface area (Å²) in [5, 5.41) is 4.85. The van der Waals surface area contributed by atoms with Crippen LogP contribution in [-0.4, -0.2) is 31.2 Å². The number of fused-ring (bicyclic) bond motifs is 1. The van der Waals surface area contributed by atoms with Crippen LogP contribution in [0.15, 0.2) is 46.2 Å². The van der Waals surface area contributed by atoms with Crippen molar-refractivity contribution in [3.63, 3.8) is 0 Å². The molecule has 0 saturated carbocycles. The highest BCUT2D eigenvalue weighted by molar-refractivity contribution is 8.00. The molecule has 1 unspecified atom stereocenters. The molecule has 6 nitrogen and oxygen atoms in total. The fourth-order valence-electron chi connectivity index (χ4n) is 2.76. The number of anilines is 2. The van der Waals surface area contributed by atoms with Crippen molar-refractivity contribution >= 4 is 56.4 Å². The lowest BCUT2D eigenvalue weighted by atomic mass is 10.2. The molecule has 1 aliphatic heterocycles. The van der Waals surface area contributed by atoms with Crippen LogP contribution in [0.5, 0.6) is 0 Å². The summed E-state index contributed by atoms with van der Waals surface area (Å²) in [6.07, 6.45) is -0.201. The molecule has 9 heteroatoms. The Morgan fingerprint density at radius 3 is 2.75 bits per heavy atom. The topological polar surface area (TPSA) is 92.3 Å². The van der Waals surface area contributed by atoms with Crippen molar-refractivity contribution < 1.29 is 18.0 Å². The first-order valence-corrected chi connectivity index (χ1v) is 11.4. The number of carbonyl (C=O) groups is 2. The Morgan fingerprint density at radius 2 is 2.04 bits per heavy atom. The van der Waals surface area contributed by atoms with E-state index < -0.39 is 21.0 Å². The SMILES string of the molecule is Cc1ccc(NC(=O)CC(C)S(=O)(=O)c2ccc3c(c2)SCC(=O)N3)c(Cl)c1. The minimum Gasteiger partial charge on any atom is -0.325 e. The largest absolute Gasteiger partial charge is 0.325 e. The molecule has 0 saturated heterocycles. The van der Waals surface area contributed by atoms with E-state index in [9.17, 15) is 18.0 Å². The van der Waals surface area contributed by atoms with E-state index in [0.717, 1.165) is 5.56 Å². The van der Waals surface area contributed by atoms with E-state index in [0.29, 0.717) is 21.3 Å². The Kier molecular flexibility index (Phi) is 6.02. The van der Waals surface area contributed by atoms with Gasteiger partial charge in [-0.15, -0.1) is 11.8 Å². The maximum atomic E-state index is 12.9. The van der Waals surface area contributed by atoms with Crippen LogP contribution in [0.1, 0.15) is 18.9 Å². The summed E-state index contributed by atoms with van der Waals surface area (Å²) < 4.78 is 25.8. The number of nitrogens with one attached hydrogen (secondary N) is 2. The van der Waals surface area contributed by atoms with Gasteiger partial charge in [0.2, 0.25) is 11.8 Å². The lowest BCUT2D eigenvalue weighted by Crippen LogP contribution is -2.25. The van der Waals surface area contributed by atoms with Crippen molar-refractivity contribution in [3.8, 4) is 0 Å². The van der Waals surface area contributed by atoms with Crippen LogP contribution in [0.3, 0.4) is 0 Å². The van der Waals surface area contributed by atoms with Crippen molar-refractivity contribution in [2.75, 3.05) is 16.4 Å². The van der Waals surface area contributed by atoms with E-state index in [1.54, 1.807) is 24.3 Å². The molecule has 3 rings (SSSR count). The molecule has 0 fully saturated rings. The number of thioether (sulfide) groups is 1. The Bertz CT molecular complexity index is 1050. The predicted molar refractivity (Wildman–Crippen MR) is 112 cm³/mol. The third-order valence-electron chi connectivity index (χ3n) is 4.32. The third kappa shape index (κ3) is 4.51. The molecule has 28 heavy (non-hydrogen) atoms. The molecular weight excluding hydrogens is 420 g/mol.